The third-order valence-electron chi connectivity index (χ3n) is 7.60. The van der Waals surface area contributed by atoms with Crippen LogP contribution in [0, 0.1) is 17.8 Å². The van der Waals surface area contributed by atoms with E-state index in [1.54, 1.807) is 0 Å². The van der Waals surface area contributed by atoms with Crippen LogP contribution in [-0.2, 0) is 24.4 Å². The first-order valence-corrected chi connectivity index (χ1v) is 15.3. The van der Waals surface area contributed by atoms with Crippen LogP contribution in [-0.4, -0.2) is 81.6 Å². The van der Waals surface area contributed by atoms with Crippen molar-refractivity contribution in [2.45, 2.75) is 62.3 Å². The van der Waals surface area contributed by atoms with Gasteiger partial charge in [-0.15, -0.1) is 37.2 Å². The highest BCUT2D eigenvalue weighted by Gasteiger charge is 2.27. The third-order valence-corrected chi connectivity index (χ3v) is 9.06. The topological polar surface area (TPSA) is 179 Å². The molecule has 0 spiro atoms. The van der Waals surface area contributed by atoms with Crippen LogP contribution in [0.2, 0.25) is 0 Å². The maximum absolute atomic E-state index is 13.1. The van der Waals surface area contributed by atoms with Gasteiger partial charge in [0.25, 0.3) is 0 Å². The maximum atomic E-state index is 13.1. The molecule has 1 atom stereocenters. The van der Waals surface area contributed by atoms with Gasteiger partial charge < -0.3 is 26.4 Å². The molecule has 0 aromatic carbocycles. The average molecular weight is 676 g/mol. The number of carbonyl (C=O) groups excluding carboxylic acids is 2. The standard InChI is InChI=1S/C26H42N6O6S.3ClH/c33-24(30-17-23(26(35)36)32-39(37,38)22-2-1-11-29-16-22)18-31-25(34)21(5-3-19-7-12-27-13-8-19)6-4-20-9-14-28-15-10-20;;;/h1-2,11,16,19-21,23,27-28,32H,3-10,12-15,17-18H2,(H,30,33)(H,31,34)(H,35,36);3*1H. The van der Waals surface area contributed by atoms with Crippen molar-refractivity contribution in [3.8, 4) is 0 Å². The summed E-state index contributed by atoms with van der Waals surface area (Å²) in [5.74, 6) is -1.17. The minimum Gasteiger partial charge on any atom is -0.480 e. The van der Waals surface area contributed by atoms with Gasteiger partial charge in [-0.05, 0) is 102 Å². The van der Waals surface area contributed by atoms with Crippen LogP contribution in [0.1, 0.15) is 51.4 Å². The van der Waals surface area contributed by atoms with Gasteiger partial charge in [0.1, 0.15) is 10.9 Å². The number of nitrogens with one attached hydrogen (secondary N) is 5. The fraction of sp³-hybridized carbons (Fsp3) is 0.692. The minimum atomic E-state index is -4.14. The predicted octanol–water partition coefficient (Wildman–Crippen LogP) is 1.49. The van der Waals surface area contributed by atoms with E-state index in [1.807, 2.05) is 0 Å². The molecule has 42 heavy (non-hydrogen) atoms. The molecular weight excluding hydrogens is 631 g/mol. The van der Waals surface area contributed by atoms with Crippen LogP contribution in [0.5, 0.6) is 0 Å². The lowest BCUT2D eigenvalue weighted by molar-refractivity contribution is -0.139. The molecule has 1 unspecified atom stereocenters. The molecule has 1 aromatic rings. The minimum absolute atomic E-state index is 0. The summed E-state index contributed by atoms with van der Waals surface area (Å²) in [5.41, 5.74) is 0. The number of aliphatic carboxylic acids is 1. The maximum Gasteiger partial charge on any atom is 0.323 e. The quantitative estimate of drug-likeness (QED) is 0.161. The molecule has 0 radical (unpaired) electrons. The van der Waals surface area contributed by atoms with Gasteiger partial charge in [-0.3, -0.25) is 19.4 Å². The molecule has 16 heteroatoms. The van der Waals surface area contributed by atoms with E-state index in [9.17, 15) is 27.9 Å². The summed E-state index contributed by atoms with van der Waals surface area (Å²) in [4.78, 5) is 40.7. The van der Waals surface area contributed by atoms with Crippen molar-refractivity contribution in [3.63, 3.8) is 0 Å². The number of hydrogen-bond donors (Lipinski definition) is 6. The van der Waals surface area contributed by atoms with Crippen molar-refractivity contribution in [1.29, 1.82) is 0 Å². The molecule has 3 rings (SSSR count). The van der Waals surface area contributed by atoms with Crippen LogP contribution < -0.4 is 26.0 Å². The van der Waals surface area contributed by atoms with Gasteiger partial charge in [-0.1, -0.05) is 0 Å². The zero-order chi connectivity index (χ0) is 28.1. The van der Waals surface area contributed by atoms with E-state index in [0.717, 1.165) is 83.7 Å². The molecule has 242 valence electrons. The smallest absolute Gasteiger partial charge is 0.323 e. The number of pyridine rings is 1. The van der Waals surface area contributed by atoms with Gasteiger partial charge in [0.05, 0.1) is 6.54 Å². The van der Waals surface area contributed by atoms with E-state index in [4.69, 9.17) is 0 Å². The highest BCUT2D eigenvalue weighted by atomic mass is 35.5. The zero-order valence-electron chi connectivity index (χ0n) is 23.6. The molecule has 12 nitrogen and oxygen atoms in total. The summed E-state index contributed by atoms with van der Waals surface area (Å²) >= 11 is 0. The Bertz CT molecular complexity index is 1020. The molecule has 2 aliphatic rings. The molecule has 0 bridgehead atoms. The summed E-state index contributed by atoms with van der Waals surface area (Å²) < 4.78 is 26.9. The van der Waals surface area contributed by atoms with Crippen LogP contribution in [0.4, 0.5) is 0 Å². The zero-order valence-corrected chi connectivity index (χ0v) is 26.9. The lowest BCUT2D eigenvalue weighted by Gasteiger charge is -2.27. The summed E-state index contributed by atoms with van der Waals surface area (Å²) in [6, 6.07) is 1.12. The van der Waals surface area contributed by atoms with Crippen LogP contribution in [0.25, 0.3) is 0 Å². The van der Waals surface area contributed by atoms with Crippen molar-refractivity contribution in [1.82, 2.24) is 31.0 Å². The Labute approximate surface area is 267 Å². The number of hydrogen-bond acceptors (Lipinski definition) is 8. The van der Waals surface area contributed by atoms with Crippen molar-refractivity contribution in [2.75, 3.05) is 39.3 Å². The fourth-order valence-electron chi connectivity index (χ4n) is 5.15. The molecule has 1 aromatic heterocycles. The van der Waals surface area contributed by atoms with E-state index >= 15 is 0 Å². The predicted molar refractivity (Wildman–Crippen MR) is 167 cm³/mol. The number of aromatic nitrogens is 1. The molecule has 2 fully saturated rings. The second kappa shape index (κ2) is 21.0. The van der Waals surface area contributed by atoms with E-state index in [-0.39, 0.29) is 60.5 Å². The first kappa shape index (κ1) is 40.3. The van der Waals surface area contributed by atoms with E-state index in [2.05, 4.69) is 31.0 Å². The average Bonchev–Trinajstić information content (AvgIpc) is 2.95. The van der Waals surface area contributed by atoms with Gasteiger partial charge in [0, 0.05) is 24.9 Å². The third kappa shape index (κ3) is 14.2. The molecule has 0 aliphatic carbocycles. The van der Waals surface area contributed by atoms with Gasteiger partial charge in [-0.25, -0.2) is 8.42 Å². The second-order valence-electron chi connectivity index (χ2n) is 10.5. The highest BCUT2D eigenvalue weighted by molar-refractivity contribution is 7.89. The number of nitrogens with zero attached hydrogens (tertiary/aromatic N) is 1. The normalized spacial score (nSPS) is 16.7. The summed E-state index contributed by atoms with van der Waals surface area (Å²) in [5, 5.41) is 21.3. The molecule has 2 amide bonds. The van der Waals surface area contributed by atoms with Crippen LogP contribution >= 0.6 is 37.2 Å². The van der Waals surface area contributed by atoms with E-state index < -0.39 is 34.5 Å². The molecule has 2 saturated heterocycles. The number of piperidine rings is 2. The van der Waals surface area contributed by atoms with Gasteiger partial charge in [0.15, 0.2) is 0 Å². The molecule has 6 N–H and O–H groups in total. The van der Waals surface area contributed by atoms with Gasteiger partial charge >= 0.3 is 5.97 Å². The first-order chi connectivity index (χ1) is 18.7. The second-order valence-corrected chi connectivity index (χ2v) is 12.2. The fourth-order valence-corrected chi connectivity index (χ4v) is 6.30. The number of amides is 2. The first-order valence-electron chi connectivity index (χ1n) is 13.9. The number of halogens is 3. The monoisotopic (exact) mass is 674 g/mol. The number of carboxylic acid groups (broad SMARTS) is 1. The Morgan fingerprint density at radius 3 is 1.95 bits per heavy atom. The lowest BCUT2D eigenvalue weighted by atomic mass is 9.84. The Kier molecular flexibility index (Phi) is 20.2. The summed E-state index contributed by atoms with van der Waals surface area (Å²) in [7, 11) is -4.14. The Morgan fingerprint density at radius 2 is 1.48 bits per heavy atom. The van der Waals surface area contributed by atoms with Crippen molar-refractivity contribution in [2.24, 2.45) is 17.8 Å². The molecule has 0 saturated carbocycles. The van der Waals surface area contributed by atoms with Crippen LogP contribution in [0.15, 0.2) is 29.4 Å². The Morgan fingerprint density at radius 1 is 0.929 bits per heavy atom. The van der Waals surface area contributed by atoms with Crippen molar-refractivity contribution >= 4 is 65.0 Å². The lowest BCUT2D eigenvalue weighted by Crippen LogP contribution is -2.50. The van der Waals surface area contributed by atoms with E-state index in [1.165, 1.54) is 18.3 Å². The van der Waals surface area contributed by atoms with E-state index in [0.29, 0.717) is 11.8 Å². The van der Waals surface area contributed by atoms with Crippen molar-refractivity contribution in [3.05, 3.63) is 24.5 Å². The number of carboxylic acids is 1. The highest BCUT2D eigenvalue weighted by Crippen LogP contribution is 2.26. The number of carbonyl (C=O) groups is 3. The Balaban J connectivity index is 0.00000560. The summed E-state index contributed by atoms with van der Waals surface area (Å²) in [6.45, 7) is 3.24. The molecule has 3 heterocycles. The van der Waals surface area contributed by atoms with Gasteiger partial charge in [-0.2, -0.15) is 4.72 Å². The largest absolute Gasteiger partial charge is 0.480 e. The number of rotatable bonds is 15. The molecular formula is C26H45Cl3N6O6S. The van der Waals surface area contributed by atoms with Gasteiger partial charge in [0.2, 0.25) is 21.8 Å². The SMILES string of the molecule is Cl.Cl.Cl.O=C(CNC(=O)C(CCC1CCNCC1)CCC1CCNCC1)NCC(NS(=O)(=O)c1cccnc1)C(=O)O. The number of sulfonamides is 1. The Hall–Kier alpha value is -1.74. The van der Waals surface area contributed by atoms with Crippen molar-refractivity contribution < 1.29 is 27.9 Å². The van der Waals surface area contributed by atoms with Crippen LogP contribution in [0.3, 0.4) is 0 Å². The molecule has 2 aliphatic heterocycles. The summed E-state index contributed by atoms with van der Waals surface area (Å²) in [6.07, 6.45) is 10.5.